The van der Waals surface area contributed by atoms with Crippen molar-refractivity contribution in [1.29, 1.82) is 0 Å². The first-order chi connectivity index (χ1) is 8.08. The van der Waals surface area contributed by atoms with Crippen molar-refractivity contribution in [2.75, 3.05) is 0 Å². The molecular weight excluding hydrogens is 238 g/mol. The normalized spacial score (nSPS) is 10.5. The highest BCUT2D eigenvalue weighted by molar-refractivity contribution is 7.99. The molecule has 0 spiro atoms. The quantitative estimate of drug-likeness (QED) is 0.900. The molecule has 0 saturated heterocycles. The molecule has 5 nitrogen and oxygen atoms in total. The molecule has 0 bridgehead atoms. The van der Waals surface area contributed by atoms with E-state index in [0.717, 1.165) is 10.5 Å². The summed E-state index contributed by atoms with van der Waals surface area (Å²) in [4.78, 5) is 11.9. The van der Waals surface area contributed by atoms with Gasteiger partial charge in [0, 0.05) is 11.9 Å². The molecule has 1 N–H and O–H groups in total. The van der Waals surface area contributed by atoms with Crippen LogP contribution in [0.5, 0.6) is 0 Å². The number of carboxylic acid groups (broad SMARTS) is 1. The van der Waals surface area contributed by atoms with Gasteiger partial charge in [-0.25, -0.2) is 9.48 Å². The fourth-order valence-electron chi connectivity index (χ4n) is 1.32. The van der Waals surface area contributed by atoms with E-state index in [4.69, 9.17) is 5.11 Å². The average Bonchev–Trinajstić information content (AvgIpc) is 2.64. The van der Waals surface area contributed by atoms with Gasteiger partial charge in [0.1, 0.15) is 5.03 Å². The first-order valence-electron chi connectivity index (χ1n) is 4.95. The molecule has 6 heteroatoms. The second-order valence-electron chi connectivity index (χ2n) is 3.59. The van der Waals surface area contributed by atoms with Crippen LogP contribution in [0.15, 0.2) is 34.2 Å². The van der Waals surface area contributed by atoms with Crippen molar-refractivity contribution < 1.29 is 9.90 Å². The molecule has 0 saturated carbocycles. The molecule has 17 heavy (non-hydrogen) atoms. The minimum atomic E-state index is -1.06. The summed E-state index contributed by atoms with van der Waals surface area (Å²) in [6.45, 7) is 2.00. The van der Waals surface area contributed by atoms with Crippen LogP contribution in [0.3, 0.4) is 0 Å². The summed E-state index contributed by atoms with van der Waals surface area (Å²) in [6.07, 6.45) is 0. The summed E-state index contributed by atoms with van der Waals surface area (Å²) in [5, 5.41) is 16.8. The average molecular weight is 249 g/mol. The van der Waals surface area contributed by atoms with Gasteiger partial charge >= 0.3 is 5.97 Å². The van der Waals surface area contributed by atoms with Gasteiger partial charge in [0.25, 0.3) is 0 Å². The molecule has 0 radical (unpaired) electrons. The van der Waals surface area contributed by atoms with E-state index in [-0.39, 0.29) is 5.69 Å². The lowest BCUT2D eigenvalue weighted by Crippen LogP contribution is -2.00. The van der Waals surface area contributed by atoms with Gasteiger partial charge in [0.2, 0.25) is 5.69 Å². The molecule has 0 aliphatic rings. The van der Waals surface area contributed by atoms with Gasteiger partial charge in [-0.1, -0.05) is 34.7 Å². The molecule has 0 unspecified atom stereocenters. The van der Waals surface area contributed by atoms with E-state index >= 15 is 0 Å². The number of aromatic carboxylic acids is 1. The fraction of sp³-hybridized carbons (Fsp3) is 0.182. The molecule has 1 aromatic heterocycles. The van der Waals surface area contributed by atoms with Crippen molar-refractivity contribution in [2.24, 2.45) is 7.05 Å². The van der Waals surface area contributed by atoms with Crippen molar-refractivity contribution in [3.63, 3.8) is 0 Å². The van der Waals surface area contributed by atoms with Crippen LogP contribution in [-0.4, -0.2) is 26.1 Å². The number of aryl methyl sites for hydroxylation is 2. The zero-order chi connectivity index (χ0) is 12.4. The number of carbonyl (C=O) groups is 1. The maximum absolute atomic E-state index is 11.0. The number of rotatable bonds is 3. The van der Waals surface area contributed by atoms with Gasteiger partial charge in [-0.2, -0.15) is 0 Å². The Bertz CT molecular complexity index is 548. The van der Waals surface area contributed by atoms with Gasteiger partial charge < -0.3 is 5.11 Å². The minimum Gasteiger partial charge on any atom is -0.476 e. The summed E-state index contributed by atoms with van der Waals surface area (Å²) in [5.41, 5.74) is 1.15. The summed E-state index contributed by atoms with van der Waals surface area (Å²) >= 11 is 1.34. The third-order valence-electron chi connectivity index (χ3n) is 2.21. The van der Waals surface area contributed by atoms with Crippen LogP contribution < -0.4 is 0 Å². The lowest BCUT2D eigenvalue weighted by molar-refractivity contribution is 0.0686. The second-order valence-corrected chi connectivity index (χ2v) is 4.65. The number of hydrogen-bond acceptors (Lipinski definition) is 4. The van der Waals surface area contributed by atoms with Crippen LogP contribution in [0, 0.1) is 6.92 Å². The molecule has 1 heterocycles. The van der Waals surface area contributed by atoms with Gasteiger partial charge in [0.15, 0.2) is 0 Å². The van der Waals surface area contributed by atoms with E-state index in [0.29, 0.717) is 5.03 Å². The number of nitrogens with zero attached hydrogens (tertiary/aromatic N) is 3. The molecule has 2 aromatic rings. The maximum atomic E-state index is 11.0. The largest absolute Gasteiger partial charge is 0.476 e. The summed E-state index contributed by atoms with van der Waals surface area (Å²) < 4.78 is 1.47. The molecular formula is C11H11N3O2S. The Balaban J connectivity index is 2.32. The zero-order valence-corrected chi connectivity index (χ0v) is 10.2. The molecule has 1 aromatic carbocycles. The minimum absolute atomic E-state index is 0.0157. The van der Waals surface area contributed by atoms with Crippen LogP contribution in [0.1, 0.15) is 16.1 Å². The predicted molar refractivity (Wildman–Crippen MR) is 63.3 cm³/mol. The number of hydrogen-bond donors (Lipinski definition) is 1. The van der Waals surface area contributed by atoms with Crippen molar-refractivity contribution in [1.82, 2.24) is 15.0 Å². The number of benzene rings is 1. The smallest absolute Gasteiger partial charge is 0.359 e. The number of carboxylic acids is 1. The first kappa shape index (κ1) is 11.7. The predicted octanol–water partition coefficient (Wildman–Crippen LogP) is 1.97. The lowest BCUT2D eigenvalue weighted by atomic mass is 10.2. The van der Waals surface area contributed by atoms with E-state index < -0.39 is 5.97 Å². The highest BCUT2D eigenvalue weighted by atomic mass is 32.2. The van der Waals surface area contributed by atoms with E-state index in [1.807, 2.05) is 31.2 Å². The van der Waals surface area contributed by atoms with Crippen molar-refractivity contribution in [2.45, 2.75) is 16.8 Å². The van der Waals surface area contributed by atoms with E-state index in [1.54, 1.807) is 7.05 Å². The highest BCUT2D eigenvalue weighted by Crippen LogP contribution is 2.29. The highest BCUT2D eigenvalue weighted by Gasteiger charge is 2.18. The Labute approximate surface area is 102 Å². The molecule has 2 rings (SSSR count). The molecule has 0 amide bonds. The van der Waals surface area contributed by atoms with Crippen molar-refractivity contribution in [3.8, 4) is 0 Å². The Morgan fingerprint density at radius 1 is 1.35 bits per heavy atom. The summed E-state index contributed by atoms with van der Waals surface area (Å²) in [5.74, 6) is -1.06. The van der Waals surface area contributed by atoms with Gasteiger partial charge in [0.05, 0.1) is 0 Å². The summed E-state index contributed by atoms with van der Waals surface area (Å²) in [6, 6.07) is 7.84. The second kappa shape index (κ2) is 4.58. The standard InChI is InChI=1S/C11H11N3O2S/c1-7-3-5-8(6-4-7)17-10-9(11(15)16)12-13-14(10)2/h3-6H,1-2H3,(H,15,16). The van der Waals surface area contributed by atoms with E-state index in [9.17, 15) is 4.79 Å². The zero-order valence-electron chi connectivity index (χ0n) is 9.41. The molecule has 0 aliphatic heterocycles. The summed E-state index contributed by atoms with van der Waals surface area (Å²) in [7, 11) is 1.68. The van der Waals surface area contributed by atoms with E-state index in [1.165, 1.54) is 16.4 Å². The van der Waals surface area contributed by atoms with Crippen LogP contribution >= 0.6 is 11.8 Å². The van der Waals surface area contributed by atoms with Gasteiger partial charge in [-0.15, -0.1) is 5.10 Å². The Hall–Kier alpha value is -1.82. The maximum Gasteiger partial charge on any atom is 0.359 e. The SMILES string of the molecule is Cc1ccc(Sc2c(C(=O)O)nnn2C)cc1. The third-order valence-corrected chi connectivity index (χ3v) is 3.37. The van der Waals surface area contributed by atoms with Crippen LogP contribution in [0.25, 0.3) is 0 Å². The Morgan fingerprint density at radius 3 is 2.59 bits per heavy atom. The topological polar surface area (TPSA) is 68.0 Å². The molecule has 0 atom stereocenters. The van der Waals surface area contributed by atoms with Crippen LogP contribution in [-0.2, 0) is 7.05 Å². The van der Waals surface area contributed by atoms with Crippen LogP contribution in [0.4, 0.5) is 0 Å². The van der Waals surface area contributed by atoms with Crippen molar-refractivity contribution >= 4 is 17.7 Å². The molecule has 0 aliphatic carbocycles. The Morgan fingerprint density at radius 2 is 2.00 bits per heavy atom. The molecule has 0 fully saturated rings. The number of aromatic nitrogens is 3. The molecule has 88 valence electrons. The van der Waals surface area contributed by atoms with Gasteiger partial charge in [-0.3, -0.25) is 0 Å². The van der Waals surface area contributed by atoms with Crippen LogP contribution in [0.2, 0.25) is 0 Å². The third kappa shape index (κ3) is 2.47. The van der Waals surface area contributed by atoms with E-state index in [2.05, 4.69) is 10.3 Å². The fourth-order valence-corrected chi connectivity index (χ4v) is 2.20. The Kier molecular flexibility index (Phi) is 3.14. The first-order valence-corrected chi connectivity index (χ1v) is 5.77. The van der Waals surface area contributed by atoms with Gasteiger partial charge in [-0.05, 0) is 19.1 Å². The monoisotopic (exact) mass is 249 g/mol. The lowest BCUT2D eigenvalue weighted by Gasteiger charge is -2.02. The van der Waals surface area contributed by atoms with Crippen molar-refractivity contribution in [3.05, 3.63) is 35.5 Å².